The normalized spacial score (nSPS) is 18.3. The molecule has 1 aromatic rings. The van der Waals surface area contributed by atoms with Gasteiger partial charge in [0.15, 0.2) is 0 Å². The molecular formula is C15H22N2O4S. The molecule has 1 amide bonds. The van der Waals surface area contributed by atoms with Gasteiger partial charge in [0.2, 0.25) is 15.9 Å². The number of benzene rings is 1. The van der Waals surface area contributed by atoms with Gasteiger partial charge in [-0.05, 0) is 31.0 Å². The van der Waals surface area contributed by atoms with E-state index in [1.165, 1.54) is 7.05 Å². The first-order chi connectivity index (χ1) is 10.5. The van der Waals surface area contributed by atoms with Crippen LogP contribution < -0.4 is 10.0 Å². The minimum Gasteiger partial charge on any atom is -0.378 e. The van der Waals surface area contributed by atoms with Crippen LogP contribution in [0.1, 0.15) is 30.4 Å². The predicted molar refractivity (Wildman–Crippen MR) is 83.6 cm³/mol. The number of hydrogen-bond acceptors (Lipinski definition) is 4. The van der Waals surface area contributed by atoms with Gasteiger partial charge in [0.1, 0.15) is 0 Å². The van der Waals surface area contributed by atoms with Crippen molar-refractivity contribution in [2.75, 3.05) is 13.7 Å². The van der Waals surface area contributed by atoms with Crippen LogP contribution in [-0.4, -0.2) is 34.1 Å². The van der Waals surface area contributed by atoms with Gasteiger partial charge in [-0.3, -0.25) is 4.79 Å². The number of ether oxygens (including phenoxy) is 1. The molecule has 0 aromatic heterocycles. The van der Waals surface area contributed by atoms with Crippen molar-refractivity contribution in [2.45, 2.75) is 37.7 Å². The van der Waals surface area contributed by atoms with Crippen LogP contribution in [0.5, 0.6) is 0 Å². The standard InChI is InChI=1S/C15H22N2O4S/c1-16-22(19,20)11-13-6-4-12(5-7-13)10-17-15(18)9-14-3-2-8-21-14/h4-7,14,16H,2-3,8-11H2,1H3,(H,17,18)/t14-/m0/s1. The third kappa shape index (κ3) is 5.40. The number of rotatable bonds is 7. The number of hydrogen-bond donors (Lipinski definition) is 2. The molecule has 0 spiro atoms. The van der Waals surface area contributed by atoms with E-state index >= 15 is 0 Å². The molecular weight excluding hydrogens is 304 g/mol. The molecule has 122 valence electrons. The van der Waals surface area contributed by atoms with Crippen LogP contribution in [0.15, 0.2) is 24.3 Å². The predicted octanol–water partition coefficient (Wildman–Crippen LogP) is 0.921. The summed E-state index contributed by atoms with van der Waals surface area (Å²) in [6.45, 7) is 1.18. The molecule has 7 heteroatoms. The van der Waals surface area contributed by atoms with Crippen molar-refractivity contribution in [1.82, 2.24) is 10.0 Å². The molecule has 0 saturated carbocycles. The molecule has 1 aromatic carbocycles. The zero-order valence-electron chi connectivity index (χ0n) is 12.7. The van der Waals surface area contributed by atoms with Crippen molar-refractivity contribution in [3.8, 4) is 0 Å². The SMILES string of the molecule is CNS(=O)(=O)Cc1ccc(CNC(=O)C[C@@H]2CCCO2)cc1. The van der Waals surface area contributed by atoms with Gasteiger partial charge in [0, 0.05) is 13.2 Å². The van der Waals surface area contributed by atoms with Gasteiger partial charge in [0.25, 0.3) is 0 Å². The van der Waals surface area contributed by atoms with Crippen LogP contribution in [0.25, 0.3) is 0 Å². The molecule has 0 unspecified atom stereocenters. The van der Waals surface area contributed by atoms with E-state index in [1.54, 1.807) is 12.1 Å². The van der Waals surface area contributed by atoms with E-state index in [-0.39, 0.29) is 17.8 Å². The highest BCUT2D eigenvalue weighted by molar-refractivity contribution is 7.88. The largest absolute Gasteiger partial charge is 0.378 e. The highest BCUT2D eigenvalue weighted by atomic mass is 32.2. The molecule has 1 aliphatic heterocycles. The molecule has 2 rings (SSSR count). The van der Waals surface area contributed by atoms with E-state index in [4.69, 9.17) is 4.74 Å². The van der Waals surface area contributed by atoms with Gasteiger partial charge in [-0.15, -0.1) is 0 Å². The fourth-order valence-electron chi connectivity index (χ4n) is 2.33. The topological polar surface area (TPSA) is 84.5 Å². The number of carbonyl (C=O) groups is 1. The first kappa shape index (κ1) is 16.9. The lowest BCUT2D eigenvalue weighted by Gasteiger charge is -2.10. The summed E-state index contributed by atoms with van der Waals surface area (Å²) in [5.41, 5.74) is 1.65. The van der Waals surface area contributed by atoms with Crippen LogP contribution in [-0.2, 0) is 31.9 Å². The van der Waals surface area contributed by atoms with Gasteiger partial charge >= 0.3 is 0 Å². The Kier molecular flexibility index (Phi) is 5.93. The second-order valence-corrected chi connectivity index (χ2v) is 7.32. The van der Waals surface area contributed by atoms with Gasteiger partial charge < -0.3 is 10.1 Å². The Bertz CT molecular complexity index is 592. The summed E-state index contributed by atoms with van der Waals surface area (Å²) in [4.78, 5) is 11.8. The summed E-state index contributed by atoms with van der Waals surface area (Å²) in [7, 11) is -1.86. The summed E-state index contributed by atoms with van der Waals surface area (Å²) >= 11 is 0. The first-order valence-electron chi connectivity index (χ1n) is 7.36. The van der Waals surface area contributed by atoms with Crippen molar-refractivity contribution in [3.05, 3.63) is 35.4 Å². The highest BCUT2D eigenvalue weighted by Crippen LogP contribution is 2.15. The summed E-state index contributed by atoms with van der Waals surface area (Å²) in [5, 5.41) is 2.86. The summed E-state index contributed by atoms with van der Waals surface area (Å²) < 4.78 is 30.6. The van der Waals surface area contributed by atoms with Crippen LogP contribution >= 0.6 is 0 Å². The van der Waals surface area contributed by atoms with E-state index in [9.17, 15) is 13.2 Å². The maximum atomic E-state index is 11.8. The lowest BCUT2D eigenvalue weighted by molar-refractivity contribution is -0.123. The minimum atomic E-state index is -3.26. The molecule has 0 aliphatic carbocycles. The van der Waals surface area contributed by atoms with Crippen LogP contribution in [0.4, 0.5) is 0 Å². The summed E-state index contributed by atoms with van der Waals surface area (Å²) in [6.07, 6.45) is 2.42. The monoisotopic (exact) mass is 326 g/mol. The quantitative estimate of drug-likeness (QED) is 0.780. The van der Waals surface area contributed by atoms with E-state index in [1.807, 2.05) is 12.1 Å². The lowest BCUT2D eigenvalue weighted by atomic mass is 10.1. The Morgan fingerprint density at radius 1 is 1.27 bits per heavy atom. The molecule has 1 fully saturated rings. The molecule has 1 atom stereocenters. The van der Waals surface area contributed by atoms with Crippen LogP contribution in [0.2, 0.25) is 0 Å². The molecule has 6 nitrogen and oxygen atoms in total. The van der Waals surface area contributed by atoms with Gasteiger partial charge in [-0.2, -0.15) is 0 Å². The number of sulfonamides is 1. The first-order valence-corrected chi connectivity index (χ1v) is 9.01. The van der Waals surface area contributed by atoms with Crippen molar-refractivity contribution in [3.63, 3.8) is 0 Å². The maximum Gasteiger partial charge on any atom is 0.222 e. The summed E-state index contributed by atoms with van der Waals surface area (Å²) in [6, 6.07) is 7.17. The molecule has 0 radical (unpaired) electrons. The Morgan fingerprint density at radius 2 is 1.95 bits per heavy atom. The van der Waals surface area contributed by atoms with Crippen molar-refractivity contribution in [2.24, 2.45) is 0 Å². The van der Waals surface area contributed by atoms with Crippen LogP contribution in [0, 0.1) is 0 Å². The number of nitrogens with one attached hydrogen (secondary N) is 2. The van der Waals surface area contributed by atoms with Crippen molar-refractivity contribution in [1.29, 1.82) is 0 Å². The molecule has 1 aliphatic rings. The van der Waals surface area contributed by atoms with E-state index in [0.717, 1.165) is 25.0 Å². The van der Waals surface area contributed by atoms with Gasteiger partial charge in [0.05, 0.1) is 18.3 Å². The Labute approximate surface area is 131 Å². The highest BCUT2D eigenvalue weighted by Gasteiger charge is 2.18. The molecule has 2 N–H and O–H groups in total. The van der Waals surface area contributed by atoms with Crippen LogP contribution in [0.3, 0.4) is 0 Å². The van der Waals surface area contributed by atoms with Gasteiger partial charge in [-0.1, -0.05) is 24.3 Å². The van der Waals surface area contributed by atoms with E-state index in [0.29, 0.717) is 18.5 Å². The zero-order chi connectivity index (χ0) is 16.0. The van der Waals surface area contributed by atoms with Crippen molar-refractivity contribution >= 4 is 15.9 Å². The number of carbonyl (C=O) groups excluding carboxylic acids is 1. The lowest BCUT2D eigenvalue weighted by Crippen LogP contribution is -2.26. The second kappa shape index (κ2) is 7.71. The van der Waals surface area contributed by atoms with E-state index < -0.39 is 10.0 Å². The maximum absolute atomic E-state index is 11.8. The molecule has 1 heterocycles. The fourth-order valence-corrected chi connectivity index (χ4v) is 3.11. The third-order valence-electron chi connectivity index (χ3n) is 3.62. The molecule has 22 heavy (non-hydrogen) atoms. The smallest absolute Gasteiger partial charge is 0.222 e. The average molecular weight is 326 g/mol. The van der Waals surface area contributed by atoms with Crippen molar-refractivity contribution < 1.29 is 17.9 Å². The Hall–Kier alpha value is -1.44. The Morgan fingerprint density at radius 3 is 2.55 bits per heavy atom. The average Bonchev–Trinajstić information content (AvgIpc) is 2.99. The third-order valence-corrected chi connectivity index (χ3v) is 4.95. The Balaban J connectivity index is 1.79. The molecule has 1 saturated heterocycles. The number of amides is 1. The van der Waals surface area contributed by atoms with Gasteiger partial charge in [-0.25, -0.2) is 13.1 Å². The zero-order valence-corrected chi connectivity index (χ0v) is 13.5. The molecule has 0 bridgehead atoms. The second-order valence-electron chi connectivity index (χ2n) is 5.40. The summed E-state index contributed by atoms with van der Waals surface area (Å²) in [5.74, 6) is -0.0662. The fraction of sp³-hybridized carbons (Fsp3) is 0.533. The van der Waals surface area contributed by atoms with E-state index in [2.05, 4.69) is 10.0 Å². The minimum absolute atomic E-state index is 0.0197.